The number of carboxylic acid groups (broad SMARTS) is 2. The van der Waals surface area contributed by atoms with Gasteiger partial charge in [0.05, 0.1) is 13.2 Å². The highest BCUT2D eigenvalue weighted by Crippen LogP contribution is 2.29. The molecule has 7 heteroatoms. The summed E-state index contributed by atoms with van der Waals surface area (Å²) in [5, 5.41) is 17.2. The molecule has 1 rings (SSSR count). The van der Waals surface area contributed by atoms with Gasteiger partial charge in [-0.1, -0.05) is 0 Å². The maximum atomic E-state index is 12.9. The minimum atomic E-state index is -1.57. The first-order valence-electron chi connectivity index (χ1n) is 4.63. The molecular weight excluding hydrogens is 247 g/mol. The first-order chi connectivity index (χ1) is 8.43. The summed E-state index contributed by atoms with van der Waals surface area (Å²) in [4.78, 5) is 21.1. The summed E-state index contributed by atoms with van der Waals surface area (Å²) < 4.78 is 22.5. The first-order valence-corrected chi connectivity index (χ1v) is 4.63. The van der Waals surface area contributed by atoms with Crippen LogP contribution in [0, 0.1) is 5.82 Å². The molecule has 0 radical (unpaired) electrons. The van der Waals surface area contributed by atoms with Crippen LogP contribution in [0.3, 0.4) is 0 Å². The Bertz CT molecular complexity index is 508. The monoisotopic (exact) mass is 256 g/mol. The van der Waals surface area contributed by atoms with Crippen molar-refractivity contribution in [1.82, 2.24) is 0 Å². The van der Waals surface area contributed by atoms with E-state index in [0.29, 0.717) is 6.08 Å². The molecule has 0 fully saturated rings. The lowest BCUT2D eigenvalue weighted by molar-refractivity contribution is -0.137. The van der Waals surface area contributed by atoms with Gasteiger partial charge in [-0.25, -0.2) is 14.0 Å². The number of carbonyl (C=O) groups is 2. The number of aliphatic carboxylic acids is 2. The van der Waals surface area contributed by atoms with Crippen molar-refractivity contribution in [3.63, 3.8) is 0 Å². The summed E-state index contributed by atoms with van der Waals surface area (Å²) in [6.07, 6.45) is 0.380. The van der Waals surface area contributed by atoms with Crippen molar-refractivity contribution in [3.8, 4) is 11.5 Å². The topological polar surface area (TPSA) is 93.1 Å². The van der Waals surface area contributed by atoms with Gasteiger partial charge in [-0.2, -0.15) is 0 Å². The smallest absolute Gasteiger partial charge is 0.372 e. The number of methoxy groups -OCH3 is 1. The van der Waals surface area contributed by atoms with Crippen LogP contribution < -0.4 is 9.47 Å². The molecule has 0 amide bonds. The van der Waals surface area contributed by atoms with Crippen LogP contribution in [-0.4, -0.2) is 29.3 Å². The highest BCUT2D eigenvalue weighted by molar-refractivity contribution is 5.93. The van der Waals surface area contributed by atoms with Gasteiger partial charge in [-0.3, -0.25) is 0 Å². The van der Waals surface area contributed by atoms with E-state index in [-0.39, 0.29) is 11.5 Å². The van der Waals surface area contributed by atoms with Crippen molar-refractivity contribution >= 4 is 11.9 Å². The highest BCUT2D eigenvalue weighted by Gasteiger charge is 2.15. The van der Waals surface area contributed by atoms with Crippen LogP contribution in [0.4, 0.5) is 4.39 Å². The molecule has 0 aliphatic carbocycles. The second kappa shape index (κ2) is 5.67. The van der Waals surface area contributed by atoms with Gasteiger partial charge >= 0.3 is 11.9 Å². The van der Waals surface area contributed by atoms with Crippen LogP contribution >= 0.6 is 0 Å². The molecule has 0 spiro atoms. The van der Waals surface area contributed by atoms with Crippen LogP contribution in [0.1, 0.15) is 0 Å². The van der Waals surface area contributed by atoms with Gasteiger partial charge in [-0.15, -0.1) is 0 Å². The zero-order chi connectivity index (χ0) is 13.7. The van der Waals surface area contributed by atoms with Gasteiger partial charge in [0.25, 0.3) is 0 Å². The molecule has 96 valence electrons. The predicted octanol–water partition coefficient (Wildman–Crippen LogP) is 1.27. The number of halogens is 1. The van der Waals surface area contributed by atoms with Crippen molar-refractivity contribution in [3.05, 3.63) is 35.9 Å². The molecule has 0 bridgehead atoms. The van der Waals surface area contributed by atoms with Gasteiger partial charge in [0.1, 0.15) is 5.82 Å². The molecule has 0 heterocycles. The lowest BCUT2D eigenvalue weighted by Gasteiger charge is -2.09. The van der Waals surface area contributed by atoms with Crippen molar-refractivity contribution < 1.29 is 33.7 Å². The average Bonchev–Trinajstić information content (AvgIpc) is 2.29. The molecule has 1 aromatic carbocycles. The minimum Gasteiger partial charge on any atom is -0.493 e. The van der Waals surface area contributed by atoms with Gasteiger partial charge in [0.2, 0.25) is 5.76 Å². The number of ether oxygens (including phenoxy) is 2. The summed E-state index contributed by atoms with van der Waals surface area (Å²) in [7, 11) is 1.24. The lowest BCUT2D eigenvalue weighted by Crippen LogP contribution is -2.10. The Morgan fingerprint density at radius 1 is 1.28 bits per heavy atom. The minimum absolute atomic E-state index is 0.0486. The van der Waals surface area contributed by atoms with Crippen molar-refractivity contribution in [2.24, 2.45) is 0 Å². The highest BCUT2D eigenvalue weighted by atomic mass is 19.1. The Morgan fingerprint density at radius 3 is 2.44 bits per heavy atom. The second-order valence-electron chi connectivity index (χ2n) is 3.05. The standard InChI is InChI=1S/C11H9FO6/c1-17-8-4-6(12)2-3-7(8)18-9(11(15)16)5-10(13)14/h2-5H,1H3,(H,13,14)(H,15,16)/b9-5+. The predicted molar refractivity (Wildman–Crippen MR) is 56.9 cm³/mol. The van der Waals surface area contributed by atoms with Crippen LogP contribution in [0.5, 0.6) is 11.5 Å². The van der Waals surface area contributed by atoms with Crippen LogP contribution in [-0.2, 0) is 9.59 Å². The fraction of sp³-hybridized carbons (Fsp3) is 0.0909. The van der Waals surface area contributed by atoms with Crippen LogP contribution in [0.25, 0.3) is 0 Å². The maximum Gasteiger partial charge on any atom is 0.372 e. The molecule has 0 saturated heterocycles. The first kappa shape index (κ1) is 13.5. The average molecular weight is 256 g/mol. The van der Waals surface area contributed by atoms with Crippen molar-refractivity contribution in [2.75, 3.05) is 7.11 Å². The normalized spacial score (nSPS) is 10.9. The SMILES string of the molecule is COc1cc(F)ccc1O/C(=C/C(=O)O)C(=O)O. The summed E-state index contributed by atoms with van der Waals surface area (Å²) in [5.74, 6) is -4.61. The van der Waals surface area contributed by atoms with E-state index < -0.39 is 23.5 Å². The van der Waals surface area contributed by atoms with Crippen molar-refractivity contribution in [2.45, 2.75) is 0 Å². The Labute approximate surface area is 101 Å². The lowest BCUT2D eigenvalue weighted by atomic mass is 10.3. The van der Waals surface area contributed by atoms with Crippen LogP contribution in [0.2, 0.25) is 0 Å². The van der Waals surface area contributed by atoms with E-state index in [1.165, 1.54) is 7.11 Å². The largest absolute Gasteiger partial charge is 0.493 e. The fourth-order valence-corrected chi connectivity index (χ4v) is 1.09. The van der Waals surface area contributed by atoms with E-state index in [9.17, 15) is 14.0 Å². The van der Waals surface area contributed by atoms with Gasteiger partial charge < -0.3 is 19.7 Å². The van der Waals surface area contributed by atoms with E-state index in [0.717, 1.165) is 18.2 Å². The molecule has 0 aromatic heterocycles. The molecule has 0 aliphatic heterocycles. The molecule has 18 heavy (non-hydrogen) atoms. The Hall–Kier alpha value is -2.57. The third kappa shape index (κ3) is 3.48. The molecule has 0 atom stereocenters. The summed E-state index contributed by atoms with van der Waals surface area (Å²) in [6, 6.07) is 3.14. The number of carboxylic acids is 2. The number of hydrogen-bond donors (Lipinski definition) is 2. The van der Waals surface area contributed by atoms with Gasteiger partial charge in [0.15, 0.2) is 11.5 Å². The third-order valence-corrected chi connectivity index (χ3v) is 1.81. The maximum absolute atomic E-state index is 12.9. The zero-order valence-electron chi connectivity index (χ0n) is 9.21. The molecule has 0 saturated carbocycles. The Morgan fingerprint density at radius 2 is 1.94 bits per heavy atom. The number of benzene rings is 1. The molecule has 0 unspecified atom stereocenters. The quantitative estimate of drug-likeness (QED) is 0.608. The van der Waals surface area contributed by atoms with Gasteiger partial charge in [0, 0.05) is 6.07 Å². The Balaban J connectivity index is 3.08. The summed E-state index contributed by atoms with van der Waals surface area (Å²) in [5.41, 5.74) is 0. The molecule has 6 nitrogen and oxygen atoms in total. The van der Waals surface area contributed by atoms with Crippen molar-refractivity contribution in [1.29, 1.82) is 0 Å². The summed E-state index contributed by atoms with van der Waals surface area (Å²) >= 11 is 0. The molecular formula is C11H9FO6. The van der Waals surface area contributed by atoms with Gasteiger partial charge in [-0.05, 0) is 12.1 Å². The fourth-order valence-electron chi connectivity index (χ4n) is 1.09. The third-order valence-electron chi connectivity index (χ3n) is 1.81. The van der Waals surface area contributed by atoms with E-state index >= 15 is 0 Å². The molecule has 2 N–H and O–H groups in total. The molecule has 0 aliphatic rings. The van der Waals surface area contributed by atoms with Crippen LogP contribution in [0.15, 0.2) is 30.0 Å². The second-order valence-corrected chi connectivity index (χ2v) is 3.05. The molecule has 1 aromatic rings. The Kier molecular flexibility index (Phi) is 4.25. The summed E-state index contributed by atoms with van der Waals surface area (Å²) in [6.45, 7) is 0. The zero-order valence-corrected chi connectivity index (χ0v) is 9.21. The van der Waals surface area contributed by atoms with E-state index in [1.807, 2.05) is 0 Å². The van der Waals surface area contributed by atoms with E-state index in [1.54, 1.807) is 0 Å². The number of hydrogen-bond acceptors (Lipinski definition) is 4. The van der Waals surface area contributed by atoms with E-state index in [4.69, 9.17) is 19.7 Å². The number of rotatable bonds is 5. The van der Waals surface area contributed by atoms with E-state index in [2.05, 4.69) is 0 Å².